The molecule has 3 aliphatic heterocycles. The Morgan fingerprint density at radius 2 is 1.94 bits per heavy atom. The number of nitriles is 1. The van der Waals surface area contributed by atoms with Gasteiger partial charge in [0.1, 0.15) is 12.0 Å². The summed E-state index contributed by atoms with van der Waals surface area (Å²) in [6.45, 7) is 12.3. The smallest absolute Gasteiger partial charge is 0.318 e. The SMILES string of the molecule is C=C(F)C(=O)N1CCN(c2nc(OC)nc3c2CCC(CCc2ccccc2Cl)C3C)CC1CC#N.CC.FC1CC2CCCN2C1. The van der Waals surface area contributed by atoms with Crippen LogP contribution in [0, 0.1) is 17.2 Å². The Kier molecular flexibility index (Phi) is 13.4. The van der Waals surface area contributed by atoms with Crippen LogP contribution < -0.4 is 9.64 Å². The van der Waals surface area contributed by atoms with Crippen molar-refractivity contribution in [2.45, 2.75) is 96.3 Å². The zero-order valence-electron chi connectivity index (χ0n) is 28.2. The molecule has 8 nitrogen and oxygen atoms in total. The van der Waals surface area contributed by atoms with Crippen LogP contribution in [0.2, 0.25) is 5.02 Å². The van der Waals surface area contributed by atoms with Gasteiger partial charge in [-0.1, -0.05) is 57.2 Å². The minimum atomic E-state index is -1.01. The topological polar surface area (TPSA) is 85.6 Å². The number of ether oxygens (including phenoxy) is 1. The highest BCUT2D eigenvalue weighted by molar-refractivity contribution is 6.31. The molecule has 1 aliphatic carbocycles. The van der Waals surface area contributed by atoms with E-state index in [1.54, 1.807) is 7.11 Å². The minimum Gasteiger partial charge on any atom is -0.467 e. The molecule has 0 N–H and O–H groups in total. The summed E-state index contributed by atoms with van der Waals surface area (Å²) in [5.41, 5.74) is 3.23. The van der Waals surface area contributed by atoms with E-state index in [9.17, 15) is 18.8 Å². The Hall–Kier alpha value is -3.29. The van der Waals surface area contributed by atoms with Crippen molar-refractivity contribution in [3.8, 4) is 12.1 Å². The average Bonchev–Trinajstić information content (AvgIpc) is 3.67. The van der Waals surface area contributed by atoms with Gasteiger partial charge in [-0.2, -0.15) is 15.2 Å². The molecular weight excluding hydrogens is 622 g/mol. The van der Waals surface area contributed by atoms with E-state index in [0.29, 0.717) is 37.6 Å². The van der Waals surface area contributed by atoms with Gasteiger partial charge in [0.25, 0.3) is 5.91 Å². The van der Waals surface area contributed by atoms with E-state index in [-0.39, 0.29) is 18.9 Å². The first kappa shape index (κ1) is 36.5. The predicted octanol–water partition coefficient (Wildman–Crippen LogP) is 7.07. The number of nitrogens with zero attached hydrogens (tertiary/aromatic N) is 6. The molecule has 0 radical (unpaired) electrons. The lowest BCUT2D eigenvalue weighted by Crippen LogP contribution is -2.55. The zero-order valence-corrected chi connectivity index (χ0v) is 29.0. The number of methoxy groups -OCH3 is 1. The number of aromatic nitrogens is 2. The number of rotatable bonds is 7. The fraction of sp³-hybridized carbons (Fsp3) is 0.611. The van der Waals surface area contributed by atoms with Crippen LogP contribution in [-0.4, -0.2) is 83.8 Å². The van der Waals surface area contributed by atoms with Crippen LogP contribution in [0.25, 0.3) is 0 Å². The number of anilines is 1. The van der Waals surface area contributed by atoms with Crippen molar-refractivity contribution in [3.05, 3.63) is 58.5 Å². The van der Waals surface area contributed by atoms with Crippen LogP contribution in [0.1, 0.15) is 82.0 Å². The molecule has 47 heavy (non-hydrogen) atoms. The number of benzene rings is 1. The Morgan fingerprint density at radius 1 is 1.17 bits per heavy atom. The summed E-state index contributed by atoms with van der Waals surface area (Å²) in [6, 6.07) is 10.5. The Labute approximate surface area is 283 Å². The highest BCUT2D eigenvalue weighted by atomic mass is 35.5. The number of hydrogen-bond acceptors (Lipinski definition) is 7. The third-order valence-electron chi connectivity index (χ3n) is 9.89. The number of halogens is 3. The van der Waals surface area contributed by atoms with Gasteiger partial charge in [-0.25, -0.2) is 8.78 Å². The van der Waals surface area contributed by atoms with Crippen molar-refractivity contribution in [1.82, 2.24) is 19.8 Å². The normalized spacial score (nSPS) is 24.9. The molecule has 11 heteroatoms. The van der Waals surface area contributed by atoms with Crippen LogP contribution in [0.15, 0.2) is 36.7 Å². The molecule has 5 unspecified atom stereocenters. The van der Waals surface area contributed by atoms with Gasteiger partial charge in [-0.05, 0) is 69.0 Å². The Morgan fingerprint density at radius 3 is 2.62 bits per heavy atom. The first-order valence-corrected chi connectivity index (χ1v) is 17.4. The number of amides is 1. The molecule has 0 spiro atoms. The summed E-state index contributed by atoms with van der Waals surface area (Å²) in [5, 5.41) is 10.1. The van der Waals surface area contributed by atoms with E-state index >= 15 is 0 Å². The molecule has 4 heterocycles. The fourth-order valence-electron chi connectivity index (χ4n) is 7.45. The first-order chi connectivity index (χ1) is 22.7. The molecule has 2 aromatic rings. The molecule has 256 valence electrons. The maximum absolute atomic E-state index is 13.6. The summed E-state index contributed by atoms with van der Waals surface area (Å²) in [5.74, 6) is -0.337. The van der Waals surface area contributed by atoms with Gasteiger partial charge in [-0.3, -0.25) is 9.69 Å². The molecule has 1 aromatic carbocycles. The average molecular weight is 671 g/mol. The quantitative estimate of drug-likeness (QED) is 0.291. The van der Waals surface area contributed by atoms with E-state index in [2.05, 4.69) is 40.4 Å². The maximum atomic E-state index is 13.6. The lowest BCUT2D eigenvalue weighted by molar-refractivity contribution is -0.131. The number of aryl methyl sites for hydroxylation is 1. The highest BCUT2D eigenvalue weighted by Crippen LogP contribution is 2.42. The third kappa shape index (κ3) is 8.80. The van der Waals surface area contributed by atoms with E-state index in [4.69, 9.17) is 21.3 Å². The lowest BCUT2D eigenvalue weighted by atomic mass is 9.76. The van der Waals surface area contributed by atoms with Crippen LogP contribution in [0.3, 0.4) is 0 Å². The summed E-state index contributed by atoms with van der Waals surface area (Å²) < 4.78 is 31.6. The first-order valence-electron chi connectivity index (χ1n) is 17.0. The maximum Gasteiger partial charge on any atom is 0.318 e. The number of alkyl halides is 1. The van der Waals surface area contributed by atoms with Crippen molar-refractivity contribution >= 4 is 23.3 Å². The van der Waals surface area contributed by atoms with Crippen LogP contribution in [0.4, 0.5) is 14.6 Å². The Balaban J connectivity index is 0.000000383. The monoisotopic (exact) mass is 670 g/mol. The molecule has 3 fully saturated rings. The summed E-state index contributed by atoms with van der Waals surface area (Å²) in [7, 11) is 1.55. The van der Waals surface area contributed by atoms with Gasteiger partial charge in [-0.15, -0.1) is 0 Å². The van der Waals surface area contributed by atoms with Gasteiger partial charge in [0.15, 0.2) is 5.83 Å². The second-order valence-corrected chi connectivity index (χ2v) is 13.0. The number of carbonyl (C=O) groups is 1. The summed E-state index contributed by atoms with van der Waals surface area (Å²) in [6.07, 6.45) is 6.65. The fourth-order valence-corrected chi connectivity index (χ4v) is 7.68. The second kappa shape index (κ2) is 17.2. The molecular formula is C36H49ClF2N6O2. The van der Waals surface area contributed by atoms with Crippen molar-refractivity contribution in [1.29, 1.82) is 5.26 Å². The Bertz CT molecular complexity index is 1410. The van der Waals surface area contributed by atoms with Crippen LogP contribution in [-0.2, 0) is 17.6 Å². The van der Waals surface area contributed by atoms with Crippen molar-refractivity contribution < 1.29 is 18.3 Å². The summed E-state index contributed by atoms with van der Waals surface area (Å²) in [4.78, 5) is 27.5. The van der Waals surface area contributed by atoms with E-state index in [1.807, 2.05) is 32.0 Å². The van der Waals surface area contributed by atoms with Crippen molar-refractivity contribution in [3.63, 3.8) is 0 Å². The van der Waals surface area contributed by atoms with Gasteiger partial charge in [0.2, 0.25) is 0 Å². The highest BCUT2D eigenvalue weighted by Gasteiger charge is 2.37. The predicted molar refractivity (Wildman–Crippen MR) is 182 cm³/mol. The van der Waals surface area contributed by atoms with E-state index in [1.165, 1.54) is 17.7 Å². The minimum absolute atomic E-state index is 0.0977. The zero-order chi connectivity index (χ0) is 34.1. The summed E-state index contributed by atoms with van der Waals surface area (Å²) >= 11 is 6.37. The van der Waals surface area contributed by atoms with Crippen molar-refractivity contribution in [2.24, 2.45) is 5.92 Å². The molecule has 1 aromatic heterocycles. The van der Waals surface area contributed by atoms with Crippen LogP contribution in [0.5, 0.6) is 6.01 Å². The lowest BCUT2D eigenvalue weighted by Gasteiger charge is -2.42. The molecule has 5 atom stereocenters. The molecule has 0 saturated carbocycles. The molecule has 0 bridgehead atoms. The molecule has 3 saturated heterocycles. The number of fused-ring (bicyclic) bond motifs is 2. The van der Waals surface area contributed by atoms with E-state index < -0.39 is 23.9 Å². The molecule has 4 aliphatic rings. The number of carbonyl (C=O) groups excluding carboxylic acids is 1. The van der Waals surface area contributed by atoms with Crippen LogP contribution >= 0.6 is 11.6 Å². The number of piperazine rings is 1. The number of hydrogen-bond donors (Lipinski definition) is 0. The molecule has 6 rings (SSSR count). The molecule has 1 amide bonds. The van der Waals surface area contributed by atoms with Gasteiger partial charge in [0, 0.05) is 48.7 Å². The second-order valence-electron chi connectivity index (χ2n) is 12.6. The van der Waals surface area contributed by atoms with E-state index in [0.717, 1.165) is 66.3 Å². The standard InChI is InChI=1S/C27H31ClFN5O2.C7H12FN.C2H6/c1-17-19(8-9-20-6-4-5-7-23(20)28)10-11-22-24(17)31-27(36-3)32-25(22)33-14-15-34(26(35)18(2)29)21(16-33)12-13-30;8-6-4-7-2-1-3-9(7)5-6;1-2/h4-7,17,19,21H,2,8-12,14-16H2,1,3H3;6-7H,1-5H2;1-2H3. The van der Waals surface area contributed by atoms with Crippen molar-refractivity contribution in [2.75, 3.05) is 44.7 Å². The van der Waals surface area contributed by atoms with Gasteiger partial charge < -0.3 is 14.5 Å². The van der Waals surface area contributed by atoms with Gasteiger partial charge in [0.05, 0.1) is 31.3 Å². The largest absolute Gasteiger partial charge is 0.467 e. The van der Waals surface area contributed by atoms with Gasteiger partial charge >= 0.3 is 6.01 Å². The third-order valence-corrected chi connectivity index (χ3v) is 10.3.